The molecule has 28 heavy (non-hydrogen) atoms. The third-order valence-corrected chi connectivity index (χ3v) is 4.82. The molecular weight excluding hydrogens is 348 g/mol. The monoisotopic (exact) mass is 366 g/mol. The lowest BCUT2D eigenvalue weighted by Gasteiger charge is -2.15. The highest BCUT2D eigenvalue weighted by atomic mass is 16.5. The summed E-state index contributed by atoms with van der Waals surface area (Å²) >= 11 is 0. The molecule has 0 atom stereocenters. The number of ether oxygens (including phenoxy) is 1. The van der Waals surface area contributed by atoms with Gasteiger partial charge in [0, 0.05) is 17.0 Å². The number of hydrogen-bond donors (Lipinski definition) is 1. The SMILES string of the molecule is COc1ccc2c(c1)=C(c1ccccc1)Nn1c(-c3ccccn3)cnc1C=2. The summed E-state index contributed by atoms with van der Waals surface area (Å²) in [7, 11) is 1.68. The number of nitrogens with one attached hydrogen (secondary N) is 1. The summed E-state index contributed by atoms with van der Waals surface area (Å²) in [6.07, 6.45) is 5.71. The van der Waals surface area contributed by atoms with Gasteiger partial charge in [0.25, 0.3) is 0 Å². The molecule has 0 bridgehead atoms. The molecule has 2 aromatic carbocycles. The smallest absolute Gasteiger partial charge is 0.152 e. The number of methoxy groups -OCH3 is 1. The maximum Gasteiger partial charge on any atom is 0.152 e. The number of hydrogen-bond acceptors (Lipinski definition) is 4. The quantitative estimate of drug-likeness (QED) is 0.605. The van der Waals surface area contributed by atoms with E-state index >= 15 is 0 Å². The van der Waals surface area contributed by atoms with Crippen LogP contribution in [-0.2, 0) is 0 Å². The number of benzene rings is 2. The third kappa shape index (κ3) is 2.74. The van der Waals surface area contributed by atoms with Crippen molar-refractivity contribution in [3.8, 4) is 17.1 Å². The first-order valence-corrected chi connectivity index (χ1v) is 9.05. The molecule has 0 fully saturated rings. The van der Waals surface area contributed by atoms with Crippen molar-refractivity contribution in [2.75, 3.05) is 12.5 Å². The number of imidazole rings is 1. The Hall–Kier alpha value is -3.86. The molecule has 0 aliphatic carbocycles. The first-order chi connectivity index (χ1) is 13.8. The van der Waals surface area contributed by atoms with Gasteiger partial charge in [0.2, 0.25) is 0 Å². The molecule has 0 amide bonds. The van der Waals surface area contributed by atoms with E-state index in [9.17, 15) is 0 Å². The average molecular weight is 366 g/mol. The summed E-state index contributed by atoms with van der Waals surface area (Å²) in [5.74, 6) is 1.63. The Morgan fingerprint density at radius 1 is 0.929 bits per heavy atom. The van der Waals surface area contributed by atoms with Gasteiger partial charge in [-0.1, -0.05) is 42.5 Å². The molecule has 2 aromatic heterocycles. The van der Waals surface area contributed by atoms with Crippen molar-refractivity contribution >= 4 is 11.8 Å². The van der Waals surface area contributed by atoms with Crippen molar-refractivity contribution in [2.45, 2.75) is 0 Å². The van der Waals surface area contributed by atoms with Crippen LogP contribution in [-0.4, -0.2) is 21.8 Å². The highest BCUT2D eigenvalue weighted by Gasteiger charge is 2.16. The first kappa shape index (κ1) is 16.3. The minimum Gasteiger partial charge on any atom is -0.497 e. The van der Waals surface area contributed by atoms with Gasteiger partial charge in [-0.2, -0.15) is 0 Å². The molecule has 5 nitrogen and oxygen atoms in total. The van der Waals surface area contributed by atoms with Gasteiger partial charge < -0.3 is 4.74 Å². The Morgan fingerprint density at radius 3 is 2.57 bits per heavy atom. The summed E-state index contributed by atoms with van der Waals surface area (Å²) in [6.45, 7) is 0. The standard InChI is InChI=1S/C23H18N4O/c1-28-18-11-10-17-13-22-25-15-21(20-9-5-6-12-24-20)27(22)26-23(19(17)14-18)16-7-3-2-4-8-16/h2-15,26H,1H3. The summed E-state index contributed by atoms with van der Waals surface area (Å²) < 4.78 is 7.45. The molecule has 5 rings (SSSR count). The number of nitrogens with zero attached hydrogens (tertiary/aromatic N) is 3. The fourth-order valence-electron chi connectivity index (χ4n) is 3.42. The minimum atomic E-state index is 0.812. The Labute approximate surface area is 162 Å². The van der Waals surface area contributed by atoms with Crippen LogP contribution >= 0.6 is 0 Å². The number of rotatable bonds is 3. The second-order valence-electron chi connectivity index (χ2n) is 6.50. The molecule has 0 saturated carbocycles. The molecule has 0 unspecified atom stereocenters. The first-order valence-electron chi connectivity index (χ1n) is 9.05. The Bertz CT molecular complexity index is 1260. The molecule has 1 aliphatic heterocycles. The van der Waals surface area contributed by atoms with Gasteiger partial charge >= 0.3 is 0 Å². The van der Waals surface area contributed by atoms with E-state index in [1.807, 2.05) is 59.4 Å². The molecular formula is C23H18N4O. The fourth-order valence-corrected chi connectivity index (χ4v) is 3.42. The van der Waals surface area contributed by atoms with E-state index in [2.05, 4.69) is 39.7 Å². The molecule has 1 aliphatic rings. The van der Waals surface area contributed by atoms with E-state index in [0.717, 1.165) is 44.7 Å². The number of aromatic nitrogens is 3. The second-order valence-corrected chi connectivity index (χ2v) is 6.50. The van der Waals surface area contributed by atoms with Gasteiger partial charge in [-0.3, -0.25) is 10.4 Å². The second kappa shape index (κ2) is 6.70. The van der Waals surface area contributed by atoms with Crippen LogP contribution in [0.1, 0.15) is 11.4 Å². The summed E-state index contributed by atoms with van der Waals surface area (Å²) in [6, 6.07) is 22.2. The Morgan fingerprint density at radius 2 is 1.79 bits per heavy atom. The predicted octanol–water partition coefficient (Wildman–Crippen LogP) is 2.50. The molecule has 136 valence electrons. The largest absolute Gasteiger partial charge is 0.497 e. The van der Waals surface area contributed by atoms with Crippen LogP contribution in [0.4, 0.5) is 0 Å². The van der Waals surface area contributed by atoms with Gasteiger partial charge in [0.15, 0.2) is 5.82 Å². The summed E-state index contributed by atoms with van der Waals surface area (Å²) in [4.78, 5) is 9.11. The van der Waals surface area contributed by atoms with E-state index in [1.165, 1.54) is 0 Å². The van der Waals surface area contributed by atoms with Gasteiger partial charge in [0.1, 0.15) is 11.4 Å². The van der Waals surface area contributed by atoms with Crippen molar-refractivity contribution in [3.05, 3.63) is 101 Å². The normalized spacial score (nSPS) is 12.2. The summed E-state index contributed by atoms with van der Waals surface area (Å²) in [5, 5.41) is 2.13. The Kier molecular flexibility index (Phi) is 3.91. The average Bonchev–Trinajstić information content (AvgIpc) is 3.08. The lowest BCUT2D eigenvalue weighted by molar-refractivity contribution is 0.414. The van der Waals surface area contributed by atoms with Crippen molar-refractivity contribution < 1.29 is 4.74 Å². The molecule has 0 radical (unpaired) electrons. The van der Waals surface area contributed by atoms with Crippen LogP contribution in [0.15, 0.2) is 79.1 Å². The van der Waals surface area contributed by atoms with E-state index in [4.69, 9.17) is 4.74 Å². The number of pyridine rings is 1. The van der Waals surface area contributed by atoms with Crippen LogP contribution in [0.3, 0.4) is 0 Å². The third-order valence-electron chi connectivity index (χ3n) is 4.82. The van der Waals surface area contributed by atoms with Crippen LogP contribution in [0, 0.1) is 0 Å². The highest BCUT2D eigenvalue weighted by Crippen LogP contribution is 2.21. The van der Waals surface area contributed by atoms with Crippen LogP contribution in [0.25, 0.3) is 23.2 Å². The van der Waals surface area contributed by atoms with Crippen molar-refractivity contribution in [2.24, 2.45) is 0 Å². The molecule has 4 aromatic rings. The van der Waals surface area contributed by atoms with Gasteiger partial charge in [0.05, 0.1) is 24.7 Å². The lowest BCUT2D eigenvalue weighted by atomic mass is 10.1. The van der Waals surface area contributed by atoms with E-state index < -0.39 is 0 Å². The Balaban J connectivity index is 1.80. The highest BCUT2D eigenvalue weighted by molar-refractivity contribution is 5.73. The summed E-state index contributed by atoms with van der Waals surface area (Å²) in [5.41, 5.74) is 7.40. The van der Waals surface area contributed by atoms with Crippen molar-refractivity contribution in [1.29, 1.82) is 0 Å². The minimum absolute atomic E-state index is 0.812. The molecule has 0 saturated heterocycles. The number of fused-ring (bicyclic) bond motifs is 2. The topological polar surface area (TPSA) is 52.0 Å². The maximum atomic E-state index is 5.47. The van der Waals surface area contributed by atoms with Crippen LogP contribution < -0.4 is 20.6 Å². The van der Waals surface area contributed by atoms with Crippen LogP contribution in [0.5, 0.6) is 5.75 Å². The molecule has 0 spiro atoms. The zero-order valence-electron chi connectivity index (χ0n) is 15.3. The molecule has 1 N–H and O–H groups in total. The zero-order chi connectivity index (χ0) is 18.9. The maximum absolute atomic E-state index is 5.47. The van der Waals surface area contributed by atoms with Gasteiger partial charge in [-0.15, -0.1) is 0 Å². The van der Waals surface area contributed by atoms with Gasteiger partial charge in [-0.05, 0) is 35.6 Å². The van der Waals surface area contributed by atoms with E-state index in [-0.39, 0.29) is 0 Å². The predicted molar refractivity (Wildman–Crippen MR) is 110 cm³/mol. The fraction of sp³-hybridized carbons (Fsp3) is 0.0435. The van der Waals surface area contributed by atoms with Gasteiger partial charge in [-0.25, -0.2) is 9.66 Å². The van der Waals surface area contributed by atoms with Crippen LogP contribution in [0.2, 0.25) is 0 Å². The van der Waals surface area contributed by atoms with Crippen molar-refractivity contribution in [3.63, 3.8) is 0 Å². The van der Waals surface area contributed by atoms with E-state index in [1.54, 1.807) is 13.3 Å². The lowest BCUT2D eigenvalue weighted by Crippen LogP contribution is -2.30. The molecule has 3 heterocycles. The zero-order valence-corrected chi connectivity index (χ0v) is 15.3. The molecule has 5 heteroatoms. The van der Waals surface area contributed by atoms with Crippen molar-refractivity contribution in [1.82, 2.24) is 14.6 Å². The van der Waals surface area contributed by atoms with E-state index in [0.29, 0.717) is 0 Å².